The number of primary amides is 1. The van der Waals surface area contributed by atoms with E-state index in [0.29, 0.717) is 22.8 Å². The van der Waals surface area contributed by atoms with Crippen LogP contribution in [-0.4, -0.2) is 17.6 Å². The lowest BCUT2D eigenvalue weighted by Crippen LogP contribution is -2.11. The second-order valence-electron chi connectivity index (χ2n) is 4.77. The molecule has 0 spiro atoms. The van der Waals surface area contributed by atoms with Crippen LogP contribution in [0.5, 0.6) is 0 Å². The number of amides is 1. The summed E-state index contributed by atoms with van der Waals surface area (Å²) in [5, 5.41) is 0.691. The number of hydrogen-bond donors (Lipinski definition) is 1. The number of rotatable bonds is 7. The molecule has 0 radical (unpaired) electrons. The molecule has 0 aromatic heterocycles. The van der Waals surface area contributed by atoms with Crippen molar-refractivity contribution >= 4 is 35.2 Å². The van der Waals surface area contributed by atoms with Gasteiger partial charge in [0.25, 0.3) is 0 Å². The third kappa shape index (κ3) is 5.96. The molecule has 2 rings (SSSR count). The van der Waals surface area contributed by atoms with E-state index >= 15 is 0 Å². The summed E-state index contributed by atoms with van der Waals surface area (Å²) in [4.78, 5) is 23.7. The summed E-state index contributed by atoms with van der Waals surface area (Å²) in [6.45, 7) is 0.184. The van der Waals surface area contributed by atoms with Crippen molar-refractivity contribution in [3.63, 3.8) is 0 Å². The van der Waals surface area contributed by atoms with E-state index in [-0.39, 0.29) is 12.6 Å². The Labute approximate surface area is 144 Å². The van der Waals surface area contributed by atoms with Crippen LogP contribution in [0.3, 0.4) is 0 Å². The fourth-order valence-corrected chi connectivity index (χ4v) is 2.74. The number of hydrogen-bond acceptors (Lipinski definition) is 4. The molecule has 0 bridgehead atoms. The highest BCUT2D eigenvalue weighted by molar-refractivity contribution is 7.99. The second-order valence-corrected chi connectivity index (χ2v) is 6.38. The molecular formula is C17H16ClNO3S. The minimum absolute atomic E-state index is 0.184. The van der Waals surface area contributed by atoms with Crippen LogP contribution in [0.15, 0.2) is 53.4 Å². The Kier molecular flexibility index (Phi) is 6.50. The summed E-state index contributed by atoms with van der Waals surface area (Å²) in [6, 6.07) is 14.1. The maximum absolute atomic E-state index is 11.7. The Balaban J connectivity index is 1.70. The number of carbonyl (C=O) groups excluding carboxylic acids is 2. The zero-order chi connectivity index (χ0) is 16.7. The number of ether oxygens (including phenoxy) is 1. The van der Waals surface area contributed by atoms with Gasteiger partial charge in [-0.1, -0.05) is 23.7 Å². The van der Waals surface area contributed by atoms with Crippen LogP contribution in [0.2, 0.25) is 5.02 Å². The molecule has 0 saturated heterocycles. The summed E-state index contributed by atoms with van der Waals surface area (Å²) in [5.74, 6) is -0.0978. The van der Waals surface area contributed by atoms with E-state index in [9.17, 15) is 9.59 Å². The first-order valence-corrected chi connectivity index (χ1v) is 8.33. The molecule has 23 heavy (non-hydrogen) atoms. The van der Waals surface area contributed by atoms with Gasteiger partial charge in [-0.15, -0.1) is 11.8 Å². The van der Waals surface area contributed by atoms with Gasteiger partial charge in [-0.25, -0.2) is 0 Å². The molecule has 0 aliphatic heterocycles. The molecule has 4 nitrogen and oxygen atoms in total. The molecule has 0 aliphatic carbocycles. The maximum atomic E-state index is 11.7. The van der Waals surface area contributed by atoms with Gasteiger partial charge in [0.15, 0.2) is 0 Å². The van der Waals surface area contributed by atoms with E-state index in [1.165, 1.54) is 0 Å². The van der Waals surface area contributed by atoms with E-state index in [1.54, 1.807) is 36.0 Å². The highest BCUT2D eigenvalue weighted by Crippen LogP contribution is 2.21. The van der Waals surface area contributed by atoms with Crippen molar-refractivity contribution in [1.29, 1.82) is 0 Å². The summed E-state index contributed by atoms with van der Waals surface area (Å²) < 4.78 is 5.20. The van der Waals surface area contributed by atoms with E-state index in [0.717, 1.165) is 10.5 Å². The molecule has 2 N–H and O–H groups in total. The molecule has 2 aromatic rings. The van der Waals surface area contributed by atoms with Crippen LogP contribution < -0.4 is 5.73 Å². The van der Waals surface area contributed by atoms with Gasteiger partial charge in [-0.3, -0.25) is 9.59 Å². The summed E-state index contributed by atoms with van der Waals surface area (Å²) in [7, 11) is 0. The zero-order valence-electron chi connectivity index (χ0n) is 12.3. The fraction of sp³-hybridized carbons (Fsp3) is 0.176. The SMILES string of the molecule is NC(=O)c1ccc(COC(=O)CCSc2ccc(Cl)cc2)cc1. The summed E-state index contributed by atoms with van der Waals surface area (Å²) in [5.41, 5.74) is 6.41. The molecule has 120 valence electrons. The minimum Gasteiger partial charge on any atom is -0.461 e. The summed E-state index contributed by atoms with van der Waals surface area (Å²) in [6.07, 6.45) is 0.326. The maximum Gasteiger partial charge on any atom is 0.306 e. The third-order valence-corrected chi connectivity index (χ3v) is 4.29. The lowest BCUT2D eigenvalue weighted by atomic mass is 10.1. The van der Waals surface area contributed by atoms with Crippen LogP contribution in [0, 0.1) is 0 Å². The molecule has 0 heterocycles. The summed E-state index contributed by atoms with van der Waals surface area (Å²) >= 11 is 7.39. The second kappa shape index (κ2) is 8.60. The molecule has 0 saturated carbocycles. The van der Waals surface area contributed by atoms with E-state index < -0.39 is 5.91 Å². The highest BCUT2D eigenvalue weighted by atomic mass is 35.5. The lowest BCUT2D eigenvalue weighted by molar-refractivity contribution is -0.144. The van der Waals surface area contributed by atoms with Crippen molar-refractivity contribution in [3.8, 4) is 0 Å². The van der Waals surface area contributed by atoms with Crippen molar-refractivity contribution < 1.29 is 14.3 Å². The topological polar surface area (TPSA) is 69.4 Å². The van der Waals surface area contributed by atoms with Gasteiger partial charge in [0, 0.05) is 21.2 Å². The largest absolute Gasteiger partial charge is 0.461 e. The number of halogens is 1. The lowest BCUT2D eigenvalue weighted by Gasteiger charge is -2.06. The number of thioether (sulfide) groups is 1. The molecule has 1 amide bonds. The van der Waals surface area contributed by atoms with Gasteiger partial charge in [-0.05, 0) is 42.0 Å². The molecular weight excluding hydrogens is 334 g/mol. The minimum atomic E-state index is -0.479. The Morgan fingerprint density at radius 2 is 1.70 bits per heavy atom. The van der Waals surface area contributed by atoms with Gasteiger partial charge in [-0.2, -0.15) is 0 Å². The third-order valence-electron chi connectivity index (χ3n) is 3.03. The van der Waals surface area contributed by atoms with Crippen molar-refractivity contribution in [3.05, 3.63) is 64.7 Å². The first kappa shape index (κ1) is 17.4. The zero-order valence-corrected chi connectivity index (χ0v) is 13.9. The first-order valence-electron chi connectivity index (χ1n) is 6.97. The van der Waals surface area contributed by atoms with E-state index in [2.05, 4.69) is 0 Å². The fourth-order valence-electron chi connectivity index (χ4n) is 1.78. The number of carbonyl (C=O) groups is 2. The smallest absolute Gasteiger partial charge is 0.306 e. The van der Waals surface area contributed by atoms with Crippen LogP contribution >= 0.6 is 23.4 Å². The van der Waals surface area contributed by atoms with E-state index in [4.69, 9.17) is 22.1 Å². The Bertz CT molecular complexity index is 671. The predicted molar refractivity (Wildman–Crippen MR) is 91.5 cm³/mol. The Morgan fingerprint density at radius 3 is 2.30 bits per heavy atom. The van der Waals surface area contributed by atoms with Crippen molar-refractivity contribution in [1.82, 2.24) is 0 Å². The average molecular weight is 350 g/mol. The predicted octanol–water partition coefficient (Wildman–Crippen LogP) is 3.66. The molecule has 0 aliphatic rings. The van der Waals surface area contributed by atoms with Crippen LogP contribution in [-0.2, 0) is 16.1 Å². The quantitative estimate of drug-likeness (QED) is 0.611. The monoisotopic (exact) mass is 349 g/mol. The highest BCUT2D eigenvalue weighted by Gasteiger charge is 2.05. The Morgan fingerprint density at radius 1 is 1.04 bits per heavy atom. The van der Waals surface area contributed by atoms with Gasteiger partial charge >= 0.3 is 5.97 Å². The van der Waals surface area contributed by atoms with Crippen LogP contribution in [0.4, 0.5) is 0 Å². The molecule has 6 heteroatoms. The van der Waals surface area contributed by atoms with Crippen molar-refractivity contribution in [2.24, 2.45) is 5.73 Å². The Hall–Kier alpha value is -1.98. The number of esters is 1. The van der Waals surface area contributed by atoms with Crippen LogP contribution in [0.1, 0.15) is 22.3 Å². The first-order chi connectivity index (χ1) is 11.0. The normalized spacial score (nSPS) is 10.3. The molecule has 0 atom stereocenters. The molecule has 0 fully saturated rings. The van der Waals surface area contributed by atoms with Crippen molar-refractivity contribution in [2.45, 2.75) is 17.9 Å². The van der Waals surface area contributed by atoms with Gasteiger partial charge in [0.1, 0.15) is 6.61 Å². The average Bonchev–Trinajstić information content (AvgIpc) is 2.55. The number of nitrogens with two attached hydrogens (primary N) is 1. The van der Waals surface area contributed by atoms with Gasteiger partial charge in [0.2, 0.25) is 5.91 Å². The van der Waals surface area contributed by atoms with Crippen molar-refractivity contribution in [2.75, 3.05) is 5.75 Å². The van der Waals surface area contributed by atoms with Gasteiger partial charge < -0.3 is 10.5 Å². The standard InChI is InChI=1S/C17H16ClNO3S/c18-14-5-7-15(8-6-14)23-10-9-16(20)22-11-12-1-3-13(4-2-12)17(19)21/h1-8H,9-11H2,(H2,19,21). The molecule has 0 unspecified atom stereocenters. The van der Waals surface area contributed by atoms with E-state index in [1.807, 2.05) is 24.3 Å². The van der Waals surface area contributed by atoms with Crippen LogP contribution in [0.25, 0.3) is 0 Å². The number of benzene rings is 2. The van der Waals surface area contributed by atoms with Gasteiger partial charge in [0.05, 0.1) is 6.42 Å². The molecule has 2 aromatic carbocycles.